The number of halogens is 1. The van der Waals surface area contributed by atoms with Crippen LogP contribution >= 0.6 is 11.6 Å². The maximum Gasteiger partial charge on any atom is 0.244 e. The van der Waals surface area contributed by atoms with Crippen LogP contribution in [0.4, 0.5) is 5.69 Å². The summed E-state index contributed by atoms with van der Waals surface area (Å²) >= 11 is 5.77. The van der Waals surface area contributed by atoms with Crippen LogP contribution in [0.1, 0.15) is 6.42 Å². The van der Waals surface area contributed by atoms with Crippen molar-refractivity contribution < 1.29 is 19.5 Å². The molecule has 0 radical (unpaired) electrons. The molecule has 2 bridgehead atoms. The Balaban J connectivity index is 1.33. The number of phenolic OH excluding ortho intramolecular Hbond substituents is 1. The molecular weight excluding hydrogens is 356 g/mol. The number of hydrogen-bond donors (Lipinski definition) is 2. The van der Waals surface area contributed by atoms with Gasteiger partial charge in [-0.25, -0.2) is 0 Å². The molecule has 1 aromatic rings. The maximum atomic E-state index is 12.8. The fourth-order valence-corrected chi connectivity index (χ4v) is 5.28. The molecule has 0 aromatic heterocycles. The molecule has 6 nitrogen and oxygen atoms in total. The van der Waals surface area contributed by atoms with Crippen molar-refractivity contribution in [2.24, 2.45) is 35.5 Å². The summed E-state index contributed by atoms with van der Waals surface area (Å²) in [7, 11) is 0. The van der Waals surface area contributed by atoms with Crippen LogP contribution in [0.15, 0.2) is 30.4 Å². The minimum atomic E-state index is -0.520. The molecule has 5 aliphatic rings. The van der Waals surface area contributed by atoms with Crippen LogP contribution < -0.4 is 5.32 Å². The third kappa shape index (κ3) is 2.14. The summed E-state index contributed by atoms with van der Waals surface area (Å²) in [6.07, 6.45) is 5.30. The number of hydrogen-bond acceptors (Lipinski definition) is 4. The quantitative estimate of drug-likeness (QED) is 0.483. The molecule has 3 fully saturated rings. The van der Waals surface area contributed by atoms with Crippen LogP contribution in [-0.2, 0) is 14.4 Å². The summed E-state index contributed by atoms with van der Waals surface area (Å²) in [5, 5.41) is 12.7. The summed E-state index contributed by atoms with van der Waals surface area (Å²) in [5.41, 5.74) is 0.193. The van der Waals surface area contributed by atoms with E-state index in [1.807, 2.05) is 0 Å². The van der Waals surface area contributed by atoms with E-state index in [-0.39, 0.29) is 53.5 Å². The van der Waals surface area contributed by atoms with Gasteiger partial charge in [-0.1, -0.05) is 23.8 Å². The lowest BCUT2D eigenvalue weighted by molar-refractivity contribution is -0.142. The summed E-state index contributed by atoms with van der Waals surface area (Å²) < 4.78 is 0. The lowest BCUT2D eigenvalue weighted by atomic mass is 9.63. The second-order valence-electron chi connectivity index (χ2n) is 7.63. The number of anilines is 1. The summed E-state index contributed by atoms with van der Waals surface area (Å²) in [6, 6.07) is 4.32. The monoisotopic (exact) mass is 372 g/mol. The predicted molar refractivity (Wildman–Crippen MR) is 93.2 cm³/mol. The van der Waals surface area contributed by atoms with Crippen LogP contribution in [-0.4, -0.2) is 34.3 Å². The number of benzene rings is 1. The number of rotatable bonds is 3. The molecule has 4 aliphatic carbocycles. The molecule has 134 valence electrons. The number of nitrogens with one attached hydrogen (secondary N) is 1. The topological polar surface area (TPSA) is 86.7 Å². The number of aromatic hydroxyl groups is 1. The highest BCUT2D eigenvalue weighted by molar-refractivity contribution is 6.30. The van der Waals surface area contributed by atoms with E-state index in [0.29, 0.717) is 16.9 Å². The fraction of sp³-hybridized carbons (Fsp3) is 0.421. The minimum Gasteiger partial charge on any atom is -0.506 e. The summed E-state index contributed by atoms with van der Waals surface area (Å²) in [4.78, 5) is 39.1. The Morgan fingerprint density at radius 1 is 1.15 bits per heavy atom. The first-order valence-corrected chi connectivity index (χ1v) is 9.15. The second kappa shape index (κ2) is 5.33. The number of phenols is 1. The Morgan fingerprint density at radius 3 is 2.35 bits per heavy atom. The van der Waals surface area contributed by atoms with E-state index in [0.717, 1.165) is 11.3 Å². The lowest BCUT2D eigenvalue weighted by Gasteiger charge is -2.37. The number of allylic oxidation sites excluding steroid dienone is 2. The van der Waals surface area contributed by atoms with Crippen molar-refractivity contribution in [3.8, 4) is 5.75 Å². The molecule has 1 saturated heterocycles. The van der Waals surface area contributed by atoms with Crippen LogP contribution in [0.2, 0.25) is 5.02 Å². The van der Waals surface area contributed by atoms with Gasteiger partial charge in [-0.05, 0) is 42.2 Å². The van der Waals surface area contributed by atoms with E-state index in [1.165, 1.54) is 18.2 Å². The second-order valence-corrected chi connectivity index (χ2v) is 8.06. The van der Waals surface area contributed by atoms with Crippen molar-refractivity contribution in [2.45, 2.75) is 6.42 Å². The molecule has 0 spiro atoms. The molecule has 3 amide bonds. The molecule has 1 heterocycles. The van der Waals surface area contributed by atoms with E-state index in [2.05, 4.69) is 17.5 Å². The first-order valence-electron chi connectivity index (χ1n) is 8.77. The van der Waals surface area contributed by atoms with Crippen molar-refractivity contribution >= 4 is 35.0 Å². The van der Waals surface area contributed by atoms with Gasteiger partial charge in [0.05, 0.1) is 17.5 Å². The van der Waals surface area contributed by atoms with E-state index in [9.17, 15) is 19.5 Å². The zero-order valence-electron chi connectivity index (χ0n) is 13.8. The number of imide groups is 1. The van der Waals surface area contributed by atoms with Gasteiger partial charge < -0.3 is 10.4 Å². The number of carbonyl (C=O) groups excluding carboxylic acids is 3. The van der Waals surface area contributed by atoms with Gasteiger partial charge in [0.2, 0.25) is 17.7 Å². The Kier molecular flexibility index (Phi) is 3.26. The highest BCUT2D eigenvalue weighted by Gasteiger charge is 2.67. The standard InChI is InChI=1S/C19H17ClN2O4/c20-8-1-4-13(14(23)5-8)21-15(24)7-22-18(25)16-9-2-3-10(12-6-11(9)12)17(16)19(22)26/h1-5,9-12,16-17,23H,6-7H2,(H,21,24)/t9-,10+,11+,12-,16+,17-. The Morgan fingerprint density at radius 2 is 1.77 bits per heavy atom. The van der Waals surface area contributed by atoms with E-state index in [1.54, 1.807) is 0 Å². The Labute approximate surface area is 154 Å². The number of likely N-dealkylation sites (tertiary alicyclic amines) is 1. The van der Waals surface area contributed by atoms with E-state index >= 15 is 0 Å². The molecule has 1 aliphatic heterocycles. The van der Waals surface area contributed by atoms with Gasteiger partial charge in [0, 0.05) is 11.1 Å². The predicted octanol–water partition coefficient (Wildman–Crippen LogP) is 2.04. The molecule has 6 atom stereocenters. The highest BCUT2D eigenvalue weighted by atomic mass is 35.5. The Hall–Kier alpha value is -2.34. The third-order valence-electron chi connectivity index (χ3n) is 6.29. The van der Waals surface area contributed by atoms with Gasteiger partial charge in [-0.3, -0.25) is 19.3 Å². The van der Waals surface area contributed by atoms with Crippen LogP contribution in [0.3, 0.4) is 0 Å². The number of carbonyl (C=O) groups is 3. The largest absolute Gasteiger partial charge is 0.506 e. The van der Waals surface area contributed by atoms with E-state index in [4.69, 9.17) is 11.6 Å². The van der Waals surface area contributed by atoms with Crippen LogP contribution in [0.25, 0.3) is 0 Å². The lowest BCUT2D eigenvalue weighted by Crippen LogP contribution is -2.40. The Bertz CT molecular complexity index is 846. The van der Waals surface area contributed by atoms with E-state index < -0.39 is 5.91 Å². The van der Waals surface area contributed by atoms with Crippen molar-refractivity contribution in [1.82, 2.24) is 4.90 Å². The molecule has 6 rings (SSSR count). The average Bonchev–Trinajstić information content (AvgIpc) is 3.39. The maximum absolute atomic E-state index is 12.8. The number of nitrogens with zero attached hydrogens (tertiary/aromatic N) is 1. The number of amides is 3. The van der Waals surface area contributed by atoms with Gasteiger partial charge in [0.15, 0.2) is 0 Å². The average molecular weight is 373 g/mol. The molecule has 2 saturated carbocycles. The normalized spacial score (nSPS) is 36.1. The van der Waals surface area contributed by atoms with Crippen LogP contribution in [0.5, 0.6) is 5.75 Å². The SMILES string of the molecule is O=C(CN1C(=O)[C@@H]2[C@H]3C=C[C@H]([C@@H]4C[C@H]34)[C@@H]2C1=O)Nc1ccc(Cl)cc1O. The molecule has 7 heteroatoms. The summed E-state index contributed by atoms with van der Waals surface area (Å²) in [6.45, 7) is -0.332. The van der Waals surface area contributed by atoms with Crippen molar-refractivity contribution in [3.05, 3.63) is 35.4 Å². The van der Waals surface area contributed by atoms with Gasteiger partial charge in [-0.2, -0.15) is 0 Å². The van der Waals surface area contributed by atoms with Gasteiger partial charge in [0.1, 0.15) is 12.3 Å². The van der Waals surface area contributed by atoms with Gasteiger partial charge in [0.25, 0.3) is 0 Å². The highest BCUT2D eigenvalue weighted by Crippen LogP contribution is 2.65. The molecule has 0 unspecified atom stereocenters. The molecular formula is C19H17ClN2O4. The zero-order valence-corrected chi connectivity index (χ0v) is 14.5. The zero-order chi connectivity index (χ0) is 18.2. The smallest absolute Gasteiger partial charge is 0.244 e. The first kappa shape index (κ1) is 15.9. The molecule has 2 N–H and O–H groups in total. The van der Waals surface area contributed by atoms with Crippen LogP contribution in [0, 0.1) is 35.5 Å². The first-order chi connectivity index (χ1) is 12.5. The minimum absolute atomic E-state index is 0.139. The van der Waals surface area contributed by atoms with Gasteiger partial charge in [-0.15, -0.1) is 0 Å². The fourth-order valence-electron chi connectivity index (χ4n) is 5.12. The molecule has 1 aromatic carbocycles. The molecule has 26 heavy (non-hydrogen) atoms. The summed E-state index contributed by atoms with van der Waals surface area (Å²) in [5.74, 6) is -0.434. The van der Waals surface area contributed by atoms with Gasteiger partial charge >= 0.3 is 0 Å². The van der Waals surface area contributed by atoms with Crippen molar-refractivity contribution in [2.75, 3.05) is 11.9 Å². The van der Waals surface area contributed by atoms with Crippen molar-refractivity contribution in [1.29, 1.82) is 0 Å². The third-order valence-corrected chi connectivity index (χ3v) is 6.52. The van der Waals surface area contributed by atoms with Crippen molar-refractivity contribution in [3.63, 3.8) is 0 Å².